The van der Waals surface area contributed by atoms with Crippen molar-refractivity contribution in [2.24, 2.45) is 0 Å². The van der Waals surface area contributed by atoms with E-state index in [1.54, 1.807) is 27.7 Å². The lowest BCUT2D eigenvalue weighted by Gasteiger charge is -2.23. The lowest BCUT2D eigenvalue weighted by atomic mass is 9.95. The van der Waals surface area contributed by atoms with Gasteiger partial charge in [0.1, 0.15) is 22.5 Å². The number of hydrogen-bond acceptors (Lipinski definition) is 6. The van der Waals surface area contributed by atoms with Gasteiger partial charge in [-0.3, -0.25) is 0 Å². The average Bonchev–Trinajstić information content (AvgIpc) is 2.36. The molecule has 0 amide bonds. The maximum absolute atomic E-state index is 11.6. The van der Waals surface area contributed by atoms with Crippen molar-refractivity contribution in [2.75, 3.05) is 13.7 Å². The minimum absolute atomic E-state index is 0.210. The molecule has 0 saturated carbocycles. The Labute approximate surface area is 131 Å². The van der Waals surface area contributed by atoms with Gasteiger partial charge in [-0.1, -0.05) is 27.7 Å². The van der Waals surface area contributed by atoms with Gasteiger partial charge in [-0.05, 0) is 35.1 Å². The van der Waals surface area contributed by atoms with Gasteiger partial charge in [0.25, 0.3) is 0 Å². The number of carbonyl (C=O) groups is 1. The Morgan fingerprint density at radius 1 is 1.14 bits per heavy atom. The predicted molar refractivity (Wildman–Crippen MR) is 80.1 cm³/mol. The van der Waals surface area contributed by atoms with Crippen molar-refractivity contribution in [1.82, 2.24) is 0 Å². The van der Waals surface area contributed by atoms with Crippen molar-refractivity contribution < 1.29 is 27.2 Å². The first-order chi connectivity index (χ1) is 10.1. The second-order valence-electron chi connectivity index (χ2n) is 5.60. The monoisotopic (exact) mass is 329 g/mol. The van der Waals surface area contributed by atoms with Crippen LogP contribution >= 0.6 is 0 Å². The number of carbonyl (C=O) groups excluding carboxylic acids is 1. The second-order valence-corrected chi connectivity index (χ2v) is 6.92. The summed E-state index contributed by atoms with van der Waals surface area (Å²) in [5.74, 6) is -0.805. The highest BCUT2D eigenvalue weighted by molar-refractivity contribution is 7.85. The third kappa shape index (κ3) is 4.53. The Kier molecular flexibility index (Phi) is 6.10. The van der Waals surface area contributed by atoms with Gasteiger partial charge in [0.05, 0.1) is 4.90 Å². The molecule has 0 fully saturated rings. The molecule has 0 bridgehead atoms. The Balaban J connectivity index is 3.51. The molecule has 0 aliphatic carbocycles. The van der Waals surface area contributed by atoms with E-state index < -0.39 is 16.1 Å². The summed E-state index contributed by atoms with van der Waals surface area (Å²) < 4.78 is 44.7. The lowest BCUT2D eigenvalue weighted by molar-refractivity contribution is -0.138. The molecule has 0 unspecified atom stereocenters. The first-order valence-corrected chi connectivity index (χ1v) is 8.32. The van der Waals surface area contributed by atoms with E-state index in [1.165, 1.54) is 19.2 Å². The molecule has 0 radical (unpaired) electrons. The third-order valence-electron chi connectivity index (χ3n) is 3.11. The number of hydrogen-bond donors (Lipinski definition) is 0. The standard InChI is InChI=1S/C15H22O6S/c1-9(2)12-6-11(21-14(16)8-20-5)7-13(10(3)4)15(12)22(17,18)19/h6-7,9-10H,8H2,1-5H3,(H,17,18,19)/p-1. The number of ether oxygens (including phenoxy) is 2. The summed E-state index contributed by atoms with van der Waals surface area (Å²) in [6.45, 7) is 6.88. The van der Waals surface area contributed by atoms with Crippen LogP contribution in [-0.4, -0.2) is 32.7 Å². The van der Waals surface area contributed by atoms with Crippen molar-refractivity contribution >= 4 is 16.1 Å². The molecule has 7 heteroatoms. The largest absolute Gasteiger partial charge is 0.744 e. The zero-order valence-electron chi connectivity index (χ0n) is 13.4. The smallest absolute Gasteiger partial charge is 0.337 e. The number of benzene rings is 1. The highest BCUT2D eigenvalue weighted by Gasteiger charge is 2.21. The zero-order chi connectivity index (χ0) is 17.1. The fourth-order valence-corrected chi connectivity index (χ4v) is 3.30. The SMILES string of the molecule is COCC(=O)Oc1cc(C(C)C)c(S(=O)(=O)[O-])c(C(C)C)c1. The molecule has 0 aliphatic rings. The maximum Gasteiger partial charge on any atom is 0.337 e. The maximum atomic E-state index is 11.6. The predicted octanol–water partition coefficient (Wildman–Crippen LogP) is 2.39. The number of methoxy groups -OCH3 is 1. The summed E-state index contributed by atoms with van der Waals surface area (Å²) in [6, 6.07) is 2.85. The molecule has 0 atom stereocenters. The third-order valence-corrected chi connectivity index (χ3v) is 4.08. The summed E-state index contributed by atoms with van der Waals surface area (Å²) in [5.41, 5.74) is 0.697. The van der Waals surface area contributed by atoms with Crippen LogP contribution in [0.1, 0.15) is 50.7 Å². The van der Waals surface area contributed by atoms with Gasteiger partial charge in [0.2, 0.25) is 0 Å². The average molecular weight is 329 g/mol. The highest BCUT2D eigenvalue weighted by atomic mass is 32.2. The van der Waals surface area contributed by atoms with Gasteiger partial charge in [-0.15, -0.1) is 0 Å². The second kappa shape index (κ2) is 7.21. The van der Waals surface area contributed by atoms with Crippen molar-refractivity contribution in [3.8, 4) is 5.75 Å². The first-order valence-electron chi connectivity index (χ1n) is 6.91. The summed E-state index contributed by atoms with van der Waals surface area (Å²) in [4.78, 5) is 11.3. The van der Waals surface area contributed by atoms with E-state index >= 15 is 0 Å². The van der Waals surface area contributed by atoms with Crippen LogP contribution in [0.3, 0.4) is 0 Å². The van der Waals surface area contributed by atoms with Gasteiger partial charge in [0.15, 0.2) is 0 Å². The number of rotatable bonds is 6. The molecular weight excluding hydrogens is 308 g/mol. The van der Waals surface area contributed by atoms with Crippen molar-refractivity contribution in [1.29, 1.82) is 0 Å². The molecular formula is C15H21O6S-. The van der Waals surface area contributed by atoms with Crippen LogP contribution in [-0.2, 0) is 19.6 Å². The molecule has 6 nitrogen and oxygen atoms in total. The summed E-state index contributed by atoms with van der Waals surface area (Å²) in [5, 5.41) is 0. The van der Waals surface area contributed by atoms with Crippen LogP contribution in [0.15, 0.2) is 17.0 Å². The molecule has 0 saturated heterocycles. The van der Waals surface area contributed by atoms with E-state index in [4.69, 9.17) is 4.74 Å². The van der Waals surface area contributed by atoms with E-state index in [9.17, 15) is 17.8 Å². The summed E-state index contributed by atoms with van der Waals surface area (Å²) in [7, 11) is -3.26. The molecule has 1 aromatic carbocycles. The van der Waals surface area contributed by atoms with E-state index in [2.05, 4.69) is 4.74 Å². The molecule has 0 heterocycles. The minimum Gasteiger partial charge on any atom is -0.744 e. The van der Waals surface area contributed by atoms with Gasteiger partial charge >= 0.3 is 5.97 Å². The zero-order valence-corrected chi connectivity index (χ0v) is 14.2. The van der Waals surface area contributed by atoms with Crippen LogP contribution < -0.4 is 4.74 Å². The molecule has 1 aromatic rings. The van der Waals surface area contributed by atoms with Crippen LogP contribution in [0, 0.1) is 0 Å². The fourth-order valence-electron chi connectivity index (χ4n) is 2.13. The van der Waals surface area contributed by atoms with Gasteiger partial charge in [-0.2, -0.15) is 0 Å². The van der Waals surface area contributed by atoms with Crippen LogP contribution in [0.2, 0.25) is 0 Å². The Morgan fingerprint density at radius 3 is 1.91 bits per heavy atom. The van der Waals surface area contributed by atoms with E-state index in [-0.39, 0.29) is 29.1 Å². The molecule has 0 N–H and O–H groups in total. The van der Waals surface area contributed by atoms with Crippen LogP contribution in [0.4, 0.5) is 0 Å². The molecule has 1 rings (SSSR count). The van der Waals surface area contributed by atoms with Gasteiger partial charge in [-0.25, -0.2) is 13.2 Å². The Bertz CT molecular complexity index is 617. The normalized spacial score (nSPS) is 12.0. The minimum atomic E-state index is -4.62. The van der Waals surface area contributed by atoms with Crippen molar-refractivity contribution in [2.45, 2.75) is 44.4 Å². The highest BCUT2D eigenvalue weighted by Crippen LogP contribution is 2.35. The fraction of sp³-hybridized carbons (Fsp3) is 0.533. The van der Waals surface area contributed by atoms with E-state index in [0.29, 0.717) is 11.1 Å². The molecule has 0 aliphatic heterocycles. The lowest BCUT2D eigenvalue weighted by Crippen LogP contribution is -2.16. The summed E-state index contributed by atoms with van der Waals surface area (Å²) in [6.07, 6.45) is 0. The topological polar surface area (TPSA) is 92.7 Å². The summed E-state index contributed by atoms with van der Waals surface area (Å²) >= 11 is 0. The van der Waals surface area contributed by atoms with Gasteiger partial charge in [0, 0.05) is 7.11 Å². The first kappa shape index (κ1) is 18.6. The molecule has 124 valence electrons. The quantitative estimate of drug-likeness (QED) is 0.452. The Morgan fingerprint density at radius 2 is 1.59 bits per heavy atom. The van der Waals surface area contributed by atoms with Crippen molar-refractivity contribution in [3.05, 3.63) is 23.3 Å². The Hall–Kier alpha value is -1.44. The van der Waals surface area contributed by atoms with E-state index in [0.717, 1.165) is 0 Å². The van der Waals surface area contributed by atoms with Crippen molar-refractivity contribution in [3.63, 3.8) is 0 Å². The number of esters is 1. The van der Waals surface area contributed by atoms with Crippen LogP contribution in [0.5, 0.6) is 5.75 Å². The molecule has 0 spiro atoms. The van der Waals surface area contributed by atoms with Gasteiger partial charge < -0.3 is 14.0 Å². The molecule has 0 aromatic heterocycles. The van der Waals surface area contributed by atoms with E-state index in [1.807, 2.05) is 0 Å². The van der Waals surface area contributed by atoms with Crippen LogP contribution in [0.25, 0.3) is 0 Å². The molecule has 22 heavy (non-hydrogen) atoms.